The minimum absolute atomic E-state index is 0.293. The minimum Gasteiger partial charge on any atom is -0.357 e. The van der Waals surface area contributed by atoms with Gasteiger partial charge in [-0.25, -0.2) is 4.79 Å². The van der Waals surface area contributed by atoms with Gasteiger partial charge in [0.1, 0.15) is 0 Å². The number of hydrogen-bond donors (Lipinski definition) is 3. The number of thiocyanates is 1. The Kier molecular flexibility index (Phi) is 6.54. The molecule has 2 unspecified atom stereocenters. The highest BCUT2D eigenvalue weighted by atomic mass is 32.2. The molecule has 0 spiro atoms. The summed E-state index contributed by atoms with van der Waals surface area (Å²) in [7, 11) is 0. The smallest absolute Gasteiger partial charge is 0.323 e. The van der Waals surface area contributed by atoms with Crippen LogP contribution in [-0.2, 0) is 6.42 Å². The molecule has 0 aromatic heterocycles. The van der Waals surface area contributed by atoms with Crippen molar-refractivity contribution in [3.63, 3.8) is 0 Å². The van der Waals surface area contributed by atoms with Crippen molar-refractivity contribution in [3.05, 3.63) is 48.0 Å². The number of nitrogens with zero attached hydrogens (tertiary/aromatic N) is 2. The van der Waals surface area contributed by atoms with E-state index in [0.29, 0.717) is 24.2 Å². The van der Waals surface area contributed by atoms with Gasteiger partial charge in [0.15, 0.2) is 5.40 Å². The molecule has 1 saturated carbocycles. The molecule has 1 heterocycles. The second kappa shape index (κ2) is 9.68. The summed E-state index contributed by atoms with van der Waals surface area (Å²) in [5.41, 5.74) is 4.69. The molecule has 0 saturated heterocycles. The van der Waals surface area contributed by atoms with Gasteiger partial charge in [-0.05, 0) is 73.2 Å². The zero-order valence-corrected chi connectivity index (χ0v) is 18.0. The van der Waals surface area contributed by atoms with Gasteiger partial charge in [-0.3, -0.25) is 0 Å². The summed E-state index contributed by atoms with van der Waals surface area (Å²) >= 11 is 0.945. The molecule has 0 bridgehead atoms. The number of carbonyl (C=O) groups is 1. The number of carbonyl (C=O) groups excluding carboxylic acids is 1. The van der Waals surface area contributed by atoms with E-state index >= 15 is 0 Å². The molecule has 7 heteroatoms. The largest absolute Gasteiger partial charge is 0.357 e. The van der Waals surface area contributed by atoms with Crippen LogP contribution in [0, 0.1) is 28.9 Å². The summed E-state index contributed by atoms with van der Waals surface area (Å²) in [5, 5.41) is 16.3. The number of hydrogen-bond acceptors (Lipinski definition) is 5. The molecule has 2 aliphatic rings. The van der Waals surface area contributed by atoms with Gasteiger partial charge in [-0.1, -0.05) is 18.8 Å². The Morgan fingerprint density at radius 3 is 2.58 bits per heavy atom. The van der Waals surface area contributed by atoms with Crippen LogP contribution >= 0.6 is 11.9 Å². The second-order valence-corrected chi connectivity index (χ2v) is 8.53. The van der Waals surface area contributed by atoms with Crippen LogP contribution in [0.2, 0.25) is 0 Å². The van der Waals surface area contributed by atoms with Crippen molar-refractivity contribution in [2.24, 2.45) is 5.92 Å². The Morgan fingerprint density at radius 1 is 1.10 bits per heavy atom. The van der Waals surface area contributed by atoms with Crippen LogP contribution in [0.5, 0.6) is 0 Å². The van der Waals surface area contributed by atoms with Crippen LogP contribution in [0.1, 0.15) is 31.2 Å². The Hall–Kier alpha value is -3.29. The summed E-state index contributed by atoms with van der Waals surface area (Å²) < 4.78 is 2.89. The van der Waals surface area contributed by atoms with Crippen molar-refractivity contribution in [3.8, 4) is 17.7 Å². The number of nitriles is 1. The summed E-state index contributed by atoms with van der Waals surface area (Å²) in [6, 6.07) is 13.5. The molecule has 2 aromatic carbocycles. The summed E-state index contributed by atoms with van der Waals surface area (Å²) in [6.07, 6.45) is 11.7. The molecule has 31 heavy (non-hydrogen) atoms. The molecule has 2 aromatic rings. The van der Waals surface area contributed by atoms with E-state index in [1.807, 2.05) is 11.5 Å². The van der Waals surface area contributed by atoms with Gasteiger partial charge in [-0.15, -0.1) is 6.42 Å². The van der Waals surface area contributed by atoms with E-state index in [-0.39, 0.29) is 6.03 Å². The lowest BCUT2D eigenvalue weighted by molar-refractivity contribution is 0.262. The number of anilines is 4. The normalized spacial score (nSPS) is 19.2. The van der Waals surface area contributed by atoms with Crippen LogP contribution < -0.4 is 20.3 Å². The number of amides is 2. The highest BCUT2D eigenvalue weighted by Gasteiger charge is 2.35. The first-order chi connectivity index (χ1) is 15.2. The first-order valence-corrected chi connectivity index (χ1v) is 11.3. The lowest BCUT2D eigenvalue weighted by Crippen LogP contribution is -2.47. The zero-order valence-electron chi connectivity index (χ0n) is 17.2. The molecule has 2 amide bonds. The van der Waals surface area contributed by atoms with Gasteiger partial charge in [-0.2, -0.15) is 5.26 Å². The predicted molar refractivity (Wildman–Crippen MR) is 128 cm³/mol. The maximum atomic E-state index is 12.5. The number of urea groups is 1. The third-order valence-electron chi connectivity index (χ3n) is 6.02. The van der Waals surface area contributed by atoms with Crippen molar-refractivity contribution < 1.29 is 4.79 Å². The second-order valence-electron chi connectivity index (χ2n) is 7.94. The van der Waals surface area contributed by atoms with E-state index in [4.69, 9.17) is 11.7 Å². The average Bonchev–Trinajstić information content (AvgIpc) is 2.78. The van der Waals surface area contributed by atoms with E-state index in [2.05, 4.69) is 38.3 Å². The summed E-state index contributed by atoms with van der Waals surface area (Å²) in [4.78, 5) is 14.9. The fraction of sp³-hybridized carbons (Fsp3) is 0.333. The minimum atomic E-state index is -0.293. The SMILES string of the molecule is C#CCN1c2ccc(NC(=O)Nc3ccc(NSC#N)cc3)cc2CC2CCCCC21. The topological polar surface area (TPSA) is 80.2 Å². The highest BCUT2D eigenvalue weighted by molar-refractivity contribution is 8.04. The maximum Gasteiger partial charge on any atom is 0.323 e. The Balaban J connectivity index is 1.43. The van der Waals surface area contributed by atoms with Crippen LogP contribution in [0.4, 0.5) is 27.5 Å². The molecule has 4 rings (SSSR count). The molecular formula is C24H25N5OS. The lowest BCUT2D eigenvalue weighted by atomic mass is 9.76. The molecule has 6 nitrogen and oxygen atoms in total. The molecule has 1 aliphatic heterocycles. The van der Waals surface area contributed by atoms with Crippen molar-refractivity contribution >= 4 is 40.7 Å². The van der Waals surface area contributed by atoms with Gasteiger partial charge >= 0.3 is 6.03 Å². The van der Waals surface area contributed by atoms with Crippen molar-refractivity contribution in [1.29, 1.82) is 5.26 Å². The van der Waals surface area contributed by atoms with Gasteiger partial charge < -0.3 is 20.3 Å². The van der Waals surface area contributed by atoms with E-state index in [0.717, 1.165) is 29.7 Å². The maximum absolute atomic E-state index is 12.5. The number of nitrogens with one attached hydrogen (secondary N) is 3. The van der Waals surface area contributed by atoms with Crippen molar-refractivity contribution in [2.45, 2.75) is 38.1 Å². The molecule has 2 atom stereocenters. The van der Waals surface area contributed by atoms with Crippen LogP contribution in [-0.4, -0.2) is 18.6 Å². The van der Waals surface area contributed by atoms with Crippen LogP contribution in [0.25, 0.3) is 0 Å². The monoisotopic (exact) mass is 431 g/mol. The molecule has 158 valence electrons. The number of terminal acetylenes is 1. The Morgan fingerprint density at radius 2 is 1.81 bits per heavy atom. The molecular weight excluding hydrogens is 406 g/mol. The molecule has 1 aliphatic carbocycles. The zero-order chi connectivity index (χ0) is 21.6. The molecule has 0 radical (unpaired) electrons. The van der Waals surface area contributed by atoms with E-state index < -0.39 is 0 Å². The first-order valence-electron chi connectivity index (χ1n) is 10.5. The van der Waals surface area contributed by atoms with E-state index in [1.165, 1.54) is 36.9 Å². The van der Waals surface area contributed by atoms with Gasteiger partial charge in [0.25, 0.3) is 0 Å². The summed E-state index contributed by atoms with van der Waals surface area (Å²) in [6.45, 7) is 0.624. The molecule has 3 N–H and O–H groups in total. The van der Waals surface area contributed by atoms with E-state index in [9.17, 15) is 4.79 Å². The average molecular weight is 432 g/mol. The third-order valence-corrected chi connectivity index (χ3v) is 6.45. The standard InChI is InChI=1S/C24H25N5OS/c1-2-13-29-22-6-4-3-5-17(22)14-18-15-21(11-12-23(18)29)27-24(30)26-19-7-9-20(10-8-19)28-31-16-25/h1,7-12,15,17,22,28H,3-6,13-14H2,(H2,26,27,30). The van der Waals surface area contributed by atoms with Crippen LogP contribution in [0.3, 0.4) is 0 Å². The lowest BCUT2D eigenvalue weighted by Gasteiger charge is -2.45. The van der Waals surface area contributed by atoms with Crippen molar-refractivity contribution in [1.82, 2.24) is 0 Å². The number of fused-ring (bicyclic) bond motifs is 2. The van der Waals surface area contributed by atoms with Gasteiger partial charge in [0.2, 0.25) is 0 Å². The Bertz CT molecular complexity index is 1020. The predicted octanol–water partition coefficient (Wildman–Crippen LogP) is 5.43. The third kappa shape index (κ3) is 4.90. The van der Waals surface area contributed by atoms with Gasteiger partial charge in [0.05, 0.1) is 18.5 Å². The highest BCUT2D eigenvalue weighted by Crippen LogP contribution is 2.41. The quantitative estimate of drug-likeness (QED) is 0.334. The summed E-state index contributed by atoms with van der Waals surface area (Å²) in [5.74, 6) is 3.45. The number of benzene rings is 2. The van der Waals surface area contributed by atoms with E-state index in [1.54, 1.807) is 24.3 Å². The number of rotatable bonds is 5. The van der Waals surface area contributed by atoms with Gasteiger partial charge in [0, 0.05) is 28.8 Å². The first kappa shape index (κ1) is 21.0. The molecule has 1 fully saturated rings. The van der Waals surface area contributed by atoms with Crippen LogP contribution in [0.15, 0.2) is 42.5 Å². The van der Waals surface area contributed by atoms with Crippen molar-refractivity contribution in [2.75, 3.05) is 26.8 Å². The Labute approximate surface area is 187 Å². The fourth-order valence-corrected chi connectivity index (χ4v) is 5.00. The fourth-order valence-electron chi connectivity index (χ4n) is 4.70.